The molecule has 3 aromatic heterocycles. The van der Waals surface area contributed by atoms with Crippen molar-refractivity contribution in [2.75, 3.05) is 36.0 Å². The maximum atomic E-state index is 4.51. The summed E-state index contributed by atoms with van der Waals surface area (Å²) in [7, 11) is 0. The van der Waals surface area contributed by atoms with Crippen LogP contribution in [0.15, 0.2) is 49.3 Å². The van der Waals surface area contributed by atoms with Gasteiger partial charge in [0.25, 0.3) is 0 Å². The van der Waals surface area contributed by atoms with Crippen LogP contribution in [0.1, 0.15) is 0 Å². The van der Waals surface area contributed by atoms with E-state index in [2.05, 4.69) is 36.9 Å². The summed E-state index contributed by atoms with van der Waals surface area (Å²) in [6, 6.07) is 4.12. The second kappa shape index (κ2) is 5.05. The van der Waals surface area contributed by atoms with Gasteiger partial charge in [-0.1, -0.05) is 0 Å². The summed E-state index contributed by atoms with van der Waals surface area (Å²) in [4.78, 5) is 17.7. The summed E-state index contributed by atoms with van der Waals surface area (Å²) >= 11 is 0. The molecular formula is C15H16N6. The molecule has 4 heterocycles. The summed E-state index contributed by atoms with van der Waals surface area (Å²) in [5.41, 5.74) is 2.16. The van der Waals surface area contributed by atoms with Crippen molar-refractivity contribution in [3.8, 4) is 0 Å². The highest BCUT2D eigenvalue weighted by atomic mass is 15.3. The first-order valence-corrected chi connectivity index (χ1v) is 7.09. The van der Waals surface area contributed by atoms with Crippen molar-refractivity contribution < 1.29 is 0 Å². The minimum Gasteiger partial charge on any atom is -0.368 e. The van der Waals surface area contributed by atoms with Crippen LogP contribution < -0.4 is 9.80 Å². The molecule has 6 nitrogen and oxygen atoms in total. The summed E-state index contributed by atoms with van der Waals surface area (Å²) in [5.74, 6) is 0.969. The van der Waals surface area contributed by atoms with Gasteiger partial charge in [0.1, 0.15) is 0 Å². The van der Waals surface area contributed by atoms with Crippen LogP contribution in [0.25, 0.3) is 5.65 Å². The predicted octanol–water partition coefficient (Wildman–Crippen LogP) is 1.45. The molecule has 3 aromatic rings. The summed E-state index contributed by atoms with van der Waals surface area (Å²) in [6.45, 7) is 3.85. The smallest absolute Gasteiger partial charge is 0.180 e. The van der Waals surface area contributed by atoms with E-state index in [1.54, 1.807) is 0 Å². The molecule has 4 rings (SSSR count). The molecule has 0 aromatic carbocycles. The fourth-order valence-electron chi connectivity index (χ4n) is 2.79. The molecule has 1 aliphatic heterocycles. The third kappa shape index (κ3) is 2.18. The Morgan fingerprint density at radius 3 is 2.19 bits per heavy atom. The highest BCUT2D eigenvalue weighted by Gasteiger charge is 2.20. The Balaban J connectivity index is 1.54. The minimum atomic E-state index is 0.926. The van der Waals surface area contributed by atoms with E-state index < -0.39 is 0 Å². The van der Waals surface area contributed by atoms with Crippen LogP contribution in [0.2, 0.25) is 0 Å². The lowest BCUT2D eigenvalue weighted by Gasteiger charge is -2.36. The molecule has 0 aliphatic carbocycles. The van der Waals surface area contributed by atoms with Crippen molar-refractivity contribution in [2.45, 2.75) is 0 Å². The Morgan fingerprint density at radius 1 is 0.762 bits per heavy atom. The Bertz CT molecular complexity index is 730. The van der Waals surface area contributed by atoms with Gasteiger partial charge in [0.2, 0.25) is 0 Å². The molecule has 6 heteroatoms. The third-order valence-electron chi connectivity index (χ3n) is 3.90. The monoisotopic (exact) mass is 280 g/mol. The Labute approximate surface area is 122 Å². The van der Waals surface area contributed by atoms with Crippen molar-refractivity contribution in [1.82, 2.24) is 19.4 Å². The van der Waals surface area contributed by atoms with Crippen LogP contribution in [0.5, 0.6) is 0 Å². The van der Waals surface area contributed by atoms with Gasteiger partial charge >= 0.3 is 0 Å². The summed E-state index contributed by atoms with van der Waals surface area (Å²) < 4.78 is 2.01. The topological polar surface area (TPSA) is 49.6 Å². The largest absolute Gasteiger partial charge is 0.368 e. The Kier molecular flexibility index (Phi) is 2.92. The van der Waals surface area contributed by atoms with Gasteiger partial charge in [-0.2, -0.15) is 0 Å². The number of piperazine rings is 1. The van der Waals surface area contributed by atoms with Crippen LogP contribution in [-0.4, -0.2) is 45.5 Å². The van der Waals surface area contributed by atoms with E-state index in [9.17, 15) is 0 Å². The van der Waals surface area contributed by atoms with Crippen molar-refractivity contribution in [1.29, 1.82) is 0 Å². The molecule has 0 atom stereocenters. The van der Waals surface area contributed by atoms with E-state index in [-0.39, 0.29) is 0 Å². The summed E-state index contributed by atoms with van der Waals surface area (Å²) in [6.07, 6.45) is 11.2. The van der Waals surface area contributed by atoms with E-state index >= 15 is 0 Å². The normalized spacial score (nSPS) is 15.6. The van der Waals surface area contributed by atoms with E-state index in [1.165, 1.54) is 5.69 Å². The van der Waals surface area contributed by atoms with Crippen LogP contribution in [-0.2, 0) is 0 Å². The van der Waals surface area contributed by atoms with Gasteiger partial charge in [0.05, 0.1) is 0 Å². The number of pyridine rings is 1. The minimum absolute atomic E-state index is 0.926. The third-order valence-corrected chi connectivity index (χ3v) is 3.90. The Morgan fingerprint density at radius 2 is 1.43 bits per heavy atom. The van der Waals surface area contributed by atoms with Gasteiger partial charge in [-0.15, -0.1) is 0 Å². The Hall–Kier alpha value is -2.63. The number of nitrogens with zero attached hydrogens (tertiary/aromatic N) is 6. The zero-order chi connectivity index (χ0) is 14.1. The highest BCUT2D eigenvalue weighted by molar-refractivity contribution is 5.64. The maximum Gasteiger partial charge on any atom is 0.180 e. The lowest BCUT2D eigenvalue weighted by Crippen LogP contribution is -2.47. The zero-order valence-corrected chi connectivity index (χ0v) is 11.6. The first-order valence-electron chi connectivity index (χ1n) is 7.09. The van der Waals surface area contributed by atoms with Crippen LogP contribution in [0.4, 0.5) is 11.5 Å². The number of aromatic nitrogens is 4. The number of rotatable bonds is 2. The van der Waals surface area contributed by atoms with Crippen molar-refractivity contribution in [3.05, 3.63) is 49.3 Å². The molecule has 0 radical (unpaired) electrons. The van der Waals surface area contributed by atoms with Gasteiger partial charge < -0.3 is 14.2 Å². The average Bonchev–Trinajstić information content (AvgIpc) is 3.04. The molecule has 0 unspecified atom stereocenters. The zero-order valence-electron chi connectivity index (χ0n) is 11.6. The lowest BCUT2D eigenvalue weighted by atomic mass is 10.2. The van der Waals surface area contributed by atoms with E-state index in [4.69, 9.17) is 0 Å². The molecule has 1 fully saturated rings. The van der Waals surface area contributed by atoms with Gasteiger partial charge in [-0.05, 0) is 12.1 Å². The van der Waals surface area contributed by atoms with Crippen molar-refractivity contribution in [2.24, 2.45) is 0 Å². The number of hydrogen-bond donors (Lipinski definition) is 0. The average molecular weight is 280 g/mol. The number of anilines is 2. The molecule has 0 saturated carbocycles. The fourth-order valence-corrected chi connectivity index (χ4v) is 2.79. The first-order chi connectivity index (χ1) is 10.4. The SMILES string of the molecule is c1cc(N2CCN(c3nccn4ccnc34)CC2)ccn1. The first kappa shape index (κ1) is 12.1. The summed E-state index contributed by atoms with van der Waals surface area (Å²) in [5, 5.41) is 0. The standard InChI is InChI=1S/C15H16N6/c1-3-16-4-2-13(1)19-9-11-21(12-10-19)15-14-17-5-7-20(14)8-6-18-15/h1-8H,9-12H2. The maximum absolute atomic E-state index is 4.51. The number of imidazole rings is 1. The lowest BCUT2D eigenvalue weighted by molar-refractivity contribution is 0.647. The van der Waals surface area contributed by atoms with Crippen LogP contribution >= 0.6 is 0 Å². The van der Waals surface area contributed by atoms with Gasteiger partial charge in [-0.25, -0.2) is 9.97 Å². The van der Waals surface area contributed by atoms with Crippen molar-refractivity contribution >= 4 is 17.2 Å². The second-order valence-corrected chi connectivity index (χ2v) is 5.09. The molecule has 0 spiro atoms. The highest BCUT2D eigenvalue weighted by Crippen LogP contribution is 2.21. The molecule has 1 aliphatic rings. The molecular weight excluding hydrogens is 264 g/mol. The van der Waals surface area contributed by atoms with Gasteiger partial charge in [0, 0.05) is 69.0 Å². The van der Waals surface area contributed by atoms with E-state index in [0.717, 1.165) is 37.6 Å². The molecule has 0 amide bonds. The van der Waals surface area contributed by atoms with Crippen LogP contribution in [0, 0.1) is 0 Å². The molecule has 1 saturated heterocycles. The predicted molar refractivity (Wildman–Crippen MR) is 81.7 cm³/mol. The fraction of sp³-hybridized carbons (Fsp3) is 0.267. The number of hydrogen-bond acceptors (Lipinski definition) is 5. The van der Waals surface area contributed by atoms with Gasteiger partial charge in [-0.3, -0.25) is 4.98 Å². The van der Waals surface area contributed by atoms with Crippen LogP contribution in [0.3, 0.4) is 0 Å². The number of fused-ring (bicyclic) bond motifs is 1. The molecule has 21 heavy (non-hydrogen) atoms. The van der Waals surface area contributed by atoms with E-state index in [0.29, 0.717) is 0 Å². The quantitative estimate of drug-likeness (QED) is 0.711. The molecule has 0 N–H and O–H groups in total. The van der Waals surface area contributed by atoms with E-state index in [1.807, 2.05) is 41.6 Å². The van der Waals surface area contributed by atoms with Crippen molar-refractivity contribution in [3.63, 3.8) is 0 Å². The molecule has 106 valence electrons. The second-order valence-electron chi connectivity index (χ2n) is 5.09. The molecule has 0 bridgehead atoms. The van der Waals surface area contributed by atoms with Gasteiger partial charge in [0.15, 0.2) is 11.5 Å².